The molecule has 0 saturated carbocycles. The van der Waals surface area contributed by atoms with E-state index in [1.807, 2.05) is 24.3 Å². The van der Waals surface area contributed by atoms with Crippen LogP contribution in [0.1, 0.15) is 25.3 Å². The zero-order valence-corrected chi connectivity index (χ0v) is 12.8. The molecule has 5 heteroatoms. The van der Waals surface area contributed by atoms with Crippen molar-refractivity contribution in [2.75, 3.05) is 25.0 Å². The summed E-state index contributed by atoms with van der Waals surface area (Å²) in [6.07, 6.45) is 2.39. The Balaban J connectivity index is 0.00000200. The fraction of sp³-hybridized carbons (Fsp3) is 0.533. The molecule has 0 aromatic heterocycles. The first-order chi connectivity index (χ1) is 9.17. The van der Waals surface area contributed by atoms with Crippen molar-refractivity contribution in [3.63, 3.8) is 0 Å². The lowest BCUT2D eigenvalue weighted by Gasteiger charge is -2.29. The van der Waals surface area contributed by atoms with Gasteiger partial charge in [0.2, 0.25) is 5.91 Å². The summed E-state index contributed by atoms with van der Waals surface area (Å²) >= 11 is 0. The van der Waals surface area contributed by atoms with Gasteiger partial charge in [-0.1, -0.05) is 19.1 Å². The molecule has 0 aliphatic carbocycles. The van der Waals surface area contributed by atoms with Gasteiger partial charge in [-0.2, -0.15) is 0 Å². The summed E-state index contributed by atoms with van der Waals surface area (Å²) in [4.78, 5) is 14.2. The molecule has 0 atom stereocenters. The molecule has 1 aliphatic rings. The number of amides is 1. The van der Waals surface area contributed by atoms with Crippen LogP contribution in [0.2, 0.25) is 0 Å². The Bertz CT molecular complexity index is 414. The van der Waals surface area contributed by atoms with E-state index in [4.69, 9.17) is 5.73 Å². The predicted molar refractivity (Wildman–Crippen MR) is 85.0 cm³/mol. The minimum Gasteiger partial charge on any atom is -0.326 e. The van der Waals surface area contributed by atoms with Gasteiger partial charge in [0.25, 0.3) is 0 Å². The summed E-state index contributed by atoms with van der Waals surface area (Å²) in [6, 6.07) is 7.69. The molecule has 4 nitrogen and oxygen atoms in total. The molecular formula is C15H24ClN3O. The number of carbonyl (C=O) groups excluding carboxylic acids is 1. The summed E-state index contributed by atoms with van der Waals surface area (Å²) in [5, 5.41) is 2.93. The summed E-state index contributed by atoms with van der Waals surface area (Å²) < 4.78 is 0. The van der Waals surface area contributed by atoms with Crippen molar-refractivity contribution in [2.45, 2.75) is 26.3 Å². The number of hydrogen-bond acceptors (Lipinski definition) is 3. The highest BCUT2D eigenvalue weighted by Gasteiger charge is 2.17. The van der Waals surface area contributed by atoms with Gasteiger partial charge < -0.3 is 11.1 Å². The van der Waals surface area contributed by atoms with Gasteiger partial charge in [0.15, 0.2) is 0 Å². The maximum atomic E-state index is 11.9. The molecule has 2 rings (SSSR count). The normalized spacial score (nSPS) is 16.5. The van der Waals surface area contributed by atoms with E-state index in [0.29, 0.717) is 13.1 Å². The molecule has 1 aliphatic heterocycles. The topological polar surface area (TPSA) is 58.4 Å². The molecule has 1 amide bonds. The fourth-order valence-electron chi connectivity index (χ4n) is 2.35. The minimum absolute atomic E-state index is 0. The van der Waals surface area contributed by atoms with Crippen molar-refractivity contribution < 1.29 is 4.79 Å². The van der Waals surface area contributed by atoms with Crippen molar-refractivity contribution in [3.8, 4) is 0 Å². The van der Waals surface area contributed by atoms with Crippen molar-refractivity contribution in [2.24, 2.45) is 11.7 Å². The molecule has 0 unspecified atom stereocenters. The molecule has 0 bridgehead atoms. The lowest BCUT2D eigenvalue weighted by atomic mass is 9.99. The summed E-state index contributed by atoms with van der Waals surface area (Å²) in [5.41, 5.74) is 7.45. The van der Waals surface area contributed by atoms with Crippen molar-refractivity contribution in [1.82, 2.24) is 4.90 Å². The van der Waals surface area contributed by atoms with Crippen LogP contribution in [0.4, 0.5) is 5.69 Å². The first-order valence-corrected chi connectivity index (χ1v) is 6.98. The van der Waals surface area contributed by atoms with Crippen LogP contribution in [-0.2, 0) is 11.3 Å². The molecule has 1 aromatic rings. The standard InChI is InChI=1S/C15H23N3O.ClH/c1-12-6-8-18(9-7-12)11-15(19)17-14-4-2-13(10-16)3-5-14;/h2-5,12H,6-11,16H2,1H3,(H,17,19);1H. The first-order valence-electron chi connectivity index (χ1n) is 6.98. The van der Waals surface area contributed by atoms with E-state index in [2.05, 4.69) is 17.1 Å². The smallest absolute Gasteiger partial charge is 0.238 e. The van der Waals surface area contributed by atoms with E-state index >= 15 is 0 Å². The van der Waals surface area contributed by atoms with Gasteiger partial charge in [-0.3, -0.25) is 9.69 Å². The van der Waals surface area contributed by atoms with Crippen LogP contribution in [-0.4, -0.2) is 30.4 Å². The summed E-state index contributed by atoms with van der Waals surface area (Å²) in [5.74, 6) is 0.859. The van der Waals surface area contributed by atoms with Crippen LogP contribution >= 0.6 is 12.4 Å². The van der Waals surface area contributed by atoms with Gasteiger partial charge in [0, 0.05) is 12.2 Å². The molecular weight excluding hydrogens is 274 g/mol. The number of benzene rings is 1. The molecule has 0 spiro atoms. The van der Waals surface area contributed by atoms with E-state index < -0.39 is 0 Å². The number of anilines is 1. The molecule has 1 saturated heterocycles. The predicted octanol–water partition coefficient (Wildman–Crippen LogP) is 2.24. The Morgan fingerprint density at radius 3 is 2.45 bits per heavy atom. The van der Waals surface area contributed by atoms with Crippen LogP contribution in [0.3, 0.4) is 0 Å². The highest BCUT2D eigenvalue weighted by Crippen LogP contribution is 2.16. The number of rotatable bonds is 4. The molecule has 3 N–H and O–H groups in total. The van der Waals surface area contributed by atoms with Crippen LogP contribution in [0, 0.1) is 5.92 Å². The minimum atomic E-state index is 0. The highest BCUT2D eigenvalue weighted by molar-refractivity contribution is 5.92. The average Bonchev–Trinajstić information content (AvgIpc) is 2.42. The van der Waals surface area contributed by atoms with E-state index in [0.717, 1.165) is 30.3 Å². The third-order valence-corrected chi connectivity index (χ3v) is 3.72. The van der Waals surface area contributed by atoms with Crippen molar-refractivity contribution in [1.29, 1.82) is 0 Å². The number of nitrogens with two attached hydrogens (primary N) is 1. The van der Waals surface area contributed by atoms with Crippen molar-refractivity contribution in [3.05, 3.63) is 29.8 Å². The Kier molecular flexibility index (Phi) is 6.99. The van der Waals surface area contributed by atoms with Gasteiger partial charge in [-0.25, -0.2) is 0 Å². The third kappa shape index (κ3) is 5.12. The molecule has 1 fully saturated rings. The van der Waals surface area contributed by atoms with Gasteiger partial charge in [-0.05, 0) is 49.5 Å². The molecule has 20 heavy (non-hydrogen) atoms. The highest BCUT2D eigenvalue weighted by atomic mass is 35.5. The van der Waals surface area contributed by atoms with Crippen molar-refractivity contribution >= 4 is 24.0 Å². The maximum absolute atomic E-state index is 11.9. The number of halogens is 1. The SMILES string of the molecule is CC1CCN(CC(=O)Nc2ccc(CN)cc2)CC1.Cl. The Morgan fingerprint density at radius 1 is 1.30 bits per heavy atom. The zero-order valence-electron chi connectivity index (χ0n) is 12.0. The van der Waals surface area contributed by atoms with Gasteiger partial charge in [0.05, 0.1) is 6.54 Å². The second kappa shape index (κ2) is 8.25. The van der Waals surface area contributed by atoms with E-state index in [-0.39, 0.29) is 18.3 Å². The molecule has 112 valence electrons. The molecule has 0 radical (unpaired) electrons. The van der Waals surface area contributed by atoms with Crippen LogP contribution in [0.25, 0.3) is 0 Å². The number of likely N-dealkylation sites (tertiary alicyclic amines) is 1. The Labute approximate surface area is 127 Å². The molecule has 1 aromatic carbocycles. The first kappa shape index (κ1) is 17.0. The Hall–Kier alpha value is -1.10. The zero-order chi connectivity index (χ0) is 13.7. The summed E-state index contributed by atoms with van der Waals surface area (Å²) in [7, 11) is 0. The number of nitrogens with zero attached hydrogens (tertiary/aromatic N) is 1. The van der Waals surface area contributed by atoms with Gasteiger partial charge in [-0.15, -0.1) is 12.4 Å². The summed E-state index contributed by atoms with van der Waals surface area (Å²) in [6.45, 7) is 5.35. The van der Waals surface area contributed by atoms with E-state index in [1.165, 1.54) is 12.8 Å². The maximum Gasteiger partial charge on any atom is 0.238 e. The lowest BCUT2D eigenvalue weighted by molar-refractivity contribution is -0.117. The quantitative estimate of drug-likeness (QED) is 0.896. The monoisotopic (exact) mass is 297 g/mol. The van der Waals surface area contributed by atoms with Crippen LogP contribution < -0.4 is 11.1 Å². The van der Waals surface area contributed by atoms with Gasteiger partial charge in [0.1, 0.15) is 0 Å². The largest absolute Gasteiger partial charge is 0.326 e. The molecule has 1 heterocycles. The number of nitrogens with one attached hydrogen (secondary N) is 1. The number of hydrogen-bond donors (Lipinski definition) is 2. The van der Waals surface area contributed by atoms with Gasteiger partial charge >= 0.3 is 0 Å². The average molecular weight is 298 g/mol. The van der Waals surface area contributed by atoms with E-state index in [9.17, 15) is 4.79 Å². The second-order valence-electron chi connectivity index (χ2n) is 5.41. The van der Waals surface area contributed by atoms with E-state index in [1.54, 1.807) is 0 Å². The second-order valence-corrected chi connectivity index (χ2v) is 5.41. The Morgan fingerprint density at radius 2 is 1.90 bits per heavy atom. The lowest BCUT2D eigenvalue weighted by Crippen LogP contribution is -2.38. The number of carbonyl (C=O) groups is 1. The number of piperidine rings is 1. The fourth-order valence-corrected chi connectivity index (χ4v) is 2.35. The van der Waals surface area contributed by atoms with Crippen LogP contribution in [0.5, 0.6) is 0 Å². The third-order valence-electron chi connectivity index (χ3n) is 3.72. The van der Waals surface area contributed by atoms with Crippen LogP contribution in [0.15, 0.2) is 24.3 Å².